The molecule has 6 heteroatoms. The molecule has 2 heterocycles. The molecule has 1 amide bonds. The summed E-state index contributed by atoms with van der Waals surface area (Å²) >= 11 is 9.50. The average Bonchev–Trinajstić information content (AvgIpc) is 2.72. The van der Waals surface area contributed by atoms with E-state index in [4.69, 9.17) is 11.6 Å². The summed E-state index contributed by atoms with van der Waals surface area (Å²) in [6, 6.07) is 6.84. The Kier molecular flexibility index (Phi) is 5.35. The number of fused-ring (bicyclic) bond motifs is 2. The SMILES string of the molecule is Cl.O=C(NC1CC2CCC(C1)N2)c1cccc(Br)c1Cl. The number of halogens is 3. The molecule has 1 aromatic rings. The molecule has 20 heavy (non-hydrogen) atoms. The fourth-order valence-electron chi connectivity index (χ4n) is 3.12. The van der Waals surface area contributed by atoms with Crippen molar-refractivity contribution in [2.45, 2.75) is 43.8 Å². The van der Waals surface area contributed by atoms with Crippen LogP contribution in [0.1, 0.15) is 36.0 Å². The minimum atomic E-state index is -0.0717. The summed E-state index contributed by atoms with van der Waals surface area (Å²) in [6.45, 7) is 0. The Morgan fingerprint density at radius 3 is 2.60 bits per heavy atom. The van der Waals surface area contributed by atoms with E-state index in [1.807, 2.05) is 12.1 Å². The first-order valence-electron chi connectivity index (χ1n) is 6.64. The maximum atomic E-state index is 12.3. The first-order valence-corrected chi connectivity index (χ1v) is 7.81. The second kappa shape index (κ2) is 6.65. The number of carbonyl (C=O) groups excluding carboxylic acids is 1. The molecule has 0 radical (unpaired) electrons. The molecule has 0 saturated carbocycles. The summed E-state index contributed by atoms with van der Waals surface area (Å²) in [6.07, 6.45) is 4.51. The van der Waals surface area contributed by atoms with E-state index in [1.54, 1.807) is 6.07 Å². The second-order valence-electron chi connectivity index (χ2n) is 5.38. The van der Waals surface area contributed by atoms with Gasteiger partial charge in [-0.15, -0.1) is 12.4 Å². The monoisotopic (exact) mass is 378 g/mol. The summed E-state index contributed by atoms with van der Waals surface area (Å²) in [5.74, 6) is -0.0717. The Bertz CT molecular complexity index is 500. The van der Waals surface area contributed by atoms with Crippen molar-refractivity contribution in [1.82, 2.24) is 10.6 Å². The molecular weight excluding hydrogens is 363 g/mol. The molecule has 0 aromatic heterocycles. The van der Waals surface area contributed by atoms with E-state index < -0.39 is 0 Å². The molecule has 3 nitrogen and oxygen atoms in total. The topological polar surface area (TPSA) is 41.1 Å². The Morgan fingerprint density at radius 2 is 1.95 bits per heavy atom. The van der Waals surface area contributed by atoms with Crippen molar-refractivity contribution in [2.75, 3.05) is 0 Å². The zero-order valence-corrected chi connectivity index (χ0v) is 14.0. The van der Waals surface area contributed by atoms with Crippen LogP contribution in [0.5, 0.6) is 0 Å². The van der Waals surface area contributed by atoms with Gasteiger partial charge >= 0.3 is 0 Å². The highest BCUT2D eigenvalue weighted by Crippen LogP contribution is 2.28. The fraction of sp³-hybridized carbons (Fsp3) is 0.500. The standard InChI is InChI=1S/C14H16BrClN2O.ClH/c15-12-3-1-2-11(13(12)16)14(19)18-10-6-8-4-5-9(7-10)17-8;/h1-3,8-10,17H,4-7H2,(H,18,19);1H. The average molecular weight is 380 g/mol. The van der Waals surface area contributed by atoms with Crippen LogP contribution in [0, 0.1) is 0 Å². The number of rotatable bonds is 2. The van der Waals surface area contributed by atoms with Crippen LogP contribution in [0.4, 0.5) is 0 Å². The van der Waals surface area contributed by atoms with Crippen LogP contribution in [0.15, 0.2) is 22.7 Å². The lowest BCUT2D eigenvalue weighted by Crippen LogP contribution is -2.48. The van der Waals surface area contributed by atoms with E-state index in [-0.39, 0.29) is 24.4 Å². The number of amides is 1. The van der Waals surface area contributed by atoms with Crippen LogP contribution >= 0.6 is 39.9 Å². The predicted molar refractivity (Wildman–Crippen MR) is 86.8 cm³/mol. The number of piperidine rings is 1. The van der Waals surface area contributed by atoms with Crippen molar-refractivity contribution >= 4 is 45.8 Å². The van der Waals surface area contributed by atoms with Crippen LogP contribution in [0.25, 0.3) is 0 Å². The number of nitrogens with one attached hydrogen (secondary N) is 2. The Hall–Kier alpha value is -0.290. The first kappa shape index (κ1) is 16.1. The Balaban J connectivity index is 0.00000147. The maximum absolute atomic E-state index is 12.3. The lowest BCUT2D eigenvalue weighted by molar-refractivity contribution is 0.0924. The third-order valence-corrected chi connectivity index (χ3v) is 5.30. The number of hydrogen-bond acceptors (Lipinski definition) is 2. The minimum Gasteiger partial charge on any atom is -0.349 e. The molecular formula is C14H17BrCl2N2O. The van der Waals surface area contributed by atoms with Gasteiger partial charge < -0.3 is 10.6 Å². The van der Waals surface area contributed by atoms with Gasteiger partial charge in [0.2, 0.25) is 0 Å². The molecule has 2 aliphatic rings. The largest absolute Gasteiger partial charge is 0.349 e. The summed E-state index contributed by atoms with van der Waals surface area (Å²) in [4.78, 5) is 12.3. The van der Waals surface area contributed by atoms with Gasteiger partial charge in [-0.2, -0.15) is 0 Å². The van der Waals surface area contributed by atoms with Crippen molar-refractivity contribution in [2.24, 2.45) is 0 Å². The molecule has 2 bridgehead atoms. The molecule has 2 aliphatic heterocycles. The van der Waals surface area contributed by atoms with Crippen molar-refractivity contribution in [3.8, 4) is 0 Å². The zero-order chi connectivity index (χ0) is 13.4. The minimum absolute atomic E-state index is 0. The predicted octanol–water partition coefficient (Wildman–Crippen LogP) is 3.54. The third-order valence-electron chi connectivity index (χ3n) is 4.00. The maximum Gasteiger partial charge on any atom is 0.253 e. The van der Waals surface area contributed by atoms with Gasteiger partial charge in [0, 0.05) is 22.6 Å². The third kappa shape index (κ3) is 3.30. The van der Waals surface area contributed by atoms with Gasteiger partial charge in [0.05, 0.1) is 10.6 Å². The molecule has 2 atom stereocenters. The molecule has 2 saturated heterocycles. The fourth-order valence-corrected chi connectivity index (χ4v) is 3.70. The summed E-state index contributed by atoms with van der Waals surface area (Å²) < 4.78 is 0.757. The molecule has 2 fully saturated rings. The van der Waals surface area contributed by atoms with Gasteiger partial charge in [-0.05, 0) is 53.7 Å². The van der Waals surface area contributed by atoms with Gasteiger partial charge in [-0.3, -0.25) is 4.79 Å². The lowest BCUT2D eigenvalue weighted by atomic mass is 9.99. The number of carbonyl (C=O) groups is 1. The molecule has 3 rings (SSSR count). The van der Waals surface area contributed by atoms with Crippen molar-refractivity contribution < 1.29 is 4.79 Å². The van der Waals surface area contributed by atoms with Crippen LogP contribution in [0.2, 0.25) is 5.02 Å². The van der Waals surface area contributed by atoms with Gasteiger partial charge in [0.15, 0.2) is 0 Å². The van der Waals surface area contributed by atoms with Crippen molar-refractivity contribution in [3.63, 3.8) is 0 Å². The van der Waals surface area contributed by atoms with E-state index >= 15 is 0 Å². The zero-order valence-electron chi connectivity index (χ0n) is 10.9. The normalized spacial score (nSPS) is 27.8. The molecule has 0 spiro atoms. The van der Waals surface area contributed by atoms with Crippen LogP contribution < -0.4 is 10.6 Å². The lowest BCUT2D eigenvalue weighted by Gasteiger charge is -2.29. The van der Waals surface area contributed by atoms with Crippen molar-refractivity contribution in [1.29, 1.82) is 0 Å². The van der Waals surface area contributed by atoms with E-state index in [0.29, 0.717) is 22.7 Å². The quantitative estimate of drug-likeness (QED) is 0.825. The van der Waals surface area contributed by atoms with E-state index in [2.05, 4.69) is 26.6 Å². The van der Waals surface area contributed by atoms with Crippen LogP contribution in [-0.2, 0) is 0 Å². The Labute approximate surface area is 138 Å². The van der Waals surface area contributed by atoms with Crippen LogP contribution in [-0.4, -0.2) is 24.0 Å². The highest BCUT2D eigenvalue weighted by molar-refractivity contribution is 9.10. The first-order chi connectivity index (χ1) is 9.13. The summed E-state index contributed by atoms with van der Waals surface area (Å²) in [5.41, 5.74) is 0.543. The molecule has 2 unspecified atom stereocenters. The van der Waals surface area contributed by atoms with Crippen LogP contribution in [0.3, 0.4) is 0 Å². The van der Waals surface area contributed by atoms with E-state index in [1.165, 1.54) is 12.8 Å². The Morgan fingerprint density at radius 1 is 1.30 bits per heavy atom. The van der Waals surface area contributed by atoms with E-state index in [9.17, 15) is 4.79 Å². The summed E-state index contributed by atoms with van der Waals surface area (Å²) in [5, 5.41) is 7.17. The van der Waals surface area contributed by atoms with Gasteiger partial charge in [-0.1, -0.05) is 17.7 Å². The van der Waals surface area contributed by atoms with E-state index in [0.717, 1.165) is 17.3 Å². The highest BCUT2D eigenvalue weighted by Gasteiger charge is 2.34. The highest BCUT2D eigenvalue weighted by atomic mass is 79.9. The molecule has 1 aromatic carbocycles. The molecule has 2 N–H and O–H groups in total. The van der Waals surface area contributed by atoms with Gasteiger partial charge in [0.25, 0.3) is 5.91 Å². The van der Waals surface area contributed by atoms with Crippen molar-refractivity contribution in [3.05, 3.63) is 33.3 Å². The summed E-state index contributed by atoms with van der Waals surface area (Å²) in [7, 11) is 0. The number of benzene rings is 1. The molecule has 110 valence electrons. The second-order valence-corrected chi connectivity index (χ2v) is 6.61. The number of hydrogen-bond donors (Lipinski definition) is 2. The van der Waals surface area contributed by atoms with Gasteiger partial charge in [0.1, 0.15) is 0 Å². The smallest absolute Gasteiger partial charge is 0.253 e. The molecule has 0 aliphatic carbocycles. The van der Waals surface area contributed by atoms with Gasteiger partial charge in [-0.25, -0.2) is 0 Å².